The summed E-state index contributed by atoms with van der Waals surface area (Å²) in [6.07, 6.45) is 1.67. The highest BCUT2D eigenvalue weighted by molar-refractivity contribution is 7.89. The lowest BCUT2D eigenvalue weighted by Gasteiger charge is -2.33. The molecule has 0 aliphatic carbocycles. The largest absolute Gasteiger partial charge is 0.481 e. The Bertz CT molecular complexity index is 913. The number of piperazine rings is 1. The zero-order valence-corrected chi connectivity index (χ0v) is 16.4. The number of methoxy groups -OCH3 is 1. The molecular formula is C17H23N5O4S. The molecule has 0 N–H and O–H groups in total. The lowest BCUT2D eigenvalue weighted by atomic mass is 10.2. The van der Waals surface area contributed by atoms with Crippen molar-refractivity contribution in [1.29, 1.82) is 0 Å². The van der Waals surface area contributed by atoms with Crippen molar-refractivity contribution in [1.82, 2.24) is 23.7 Å². The Labute approximate surface area is 158 Å². The molecular weight excluding hydrogens is 370 g/mol. The molecule has 3 rings (SSSR count). The van der Waals surface area contributed by atoms with E-state index < -0.39 is 10.0 Å². The predicted molar refractivity (Wildman–Crippen MR) is 97.8 cm³/mol. The van der Waals surface area contributed by atoms with E-state index >= 15 is 0 Å². The number of sulfonamides is 1. The summed E-state index contributed by atoms with van der Waals surface area (Å²) in [5.74, 6) is 1.01. The van der Waals surface area contributed by atoms with Gasteiger partial charge in [0.25, 0.3) is 10.0 Å². The van der Waals surface area contributed by atoms with Gasteiger partial charge in [-0.15, -0.1) is 0 Å². The molecule has 1 fully saturated rings. The first-order valence-electron chi connectivity index (χ1n) is 8.59. The first-order chi connectivity index (χ1) is 12.8. The summed E-state index contributed by atoms with van der Waals surface area (Å²) in [5, 5.41) is 0.0443. The van der Waals surface area contributed by atoms with Gasteiger partial charge in [0.1, 0.15) is 5.82 Å². The van der Waals surface area contributed by atoms with Crippen LogP contribution in [0.5, 0.6) is 5.88 Å². The van der Waals surface area contributed by atoms with Crippen LogP contribution in [0.1, 0.15) is 11.5 Å². The van der Waals surface area contributed by atoms with E-state index in [1.165, 1.54) is 17.6 Å². The SMILES string of the molecule is COc1cccc(CC(=O)N2CCN(S(=O)(=O)c3cn(C)c(C)n3)CC2)n1. The maximum absolute atomic E-state index is 12.7. The Morgan fingerprint density at radius 2 is 1.89 bits per heavy atom. The van der Waals surface area contributed by atoms with Crippen molar-refractivity contribution < 1.29 is 17.9 Å². The fourth-order valence-corrected chi connectivity index (χ4v) is 4.34. The normalized spacial score (nSPS) is 15.7. The van der Waals surface area contributed by atoms with Gasteiger partial charge < -0.3 is 14.2 Å². The molecule has 1 saturated heterocycles. The number of ether oxygens (including phenoxy) is 1. The van der Waals surface area contributed by atoms with Crippen molar-refractivity contribution in [2.45, 2.75) is 18.4 Å². The fraction of sp³-hybridized carbons (Fsp3) is 0.471. The van der Waals surface area contributed by atoms with Crippen LogP contribution in [-0.2, 0) is 28.3 Å². The van der Waals surface area contributed by atoms with Gasteiger partial charge in [0.2, 0.25) is 11.8 Å². The van der Waals surface area contributed by atoms with Crippen LogP contribution < -0.4 is 4.74 Å². The Morgan fingerprint density at radius 1 is 1.19 bits per heavy atom. The van der Waals surface area contributed by atoms with Crippen LogP contribution in [0.4, 0.5) is 0 Å². The van der Waals surface area contributed by atoms with Crippen LogP contribution in [-0.4, -0.2) is 71.4 Å². The Balaban J connectivity index is 1.61. The number of pyridine rings is 1. The van der Waals surface area contributed by atoms with Crippen LogP contribution >= 0.6 is 0 Å². The number of carbonyl (C=O) groups is 1. The molecule has 3 heterocycles. The average molecular weight is 393 g/mol. The number of hydrogen-bond acceptors (Lipinski definition) is 6. The van der Waals surface area contributed by atoms with Gasteiger partial charge in [0, 0.05) is 45.5 Å². The van der Waals surface area contributed by atoms with E-state index in [4.69, 9.17) is 4.74 Å². The highest BCUT2D eigenvalue weighted by Crippen LogP contribution is 2.17. The molecule has 2 aromatic heterocycles. The van der Waals surface area contributed by atoms with E-state index in [0.29, 0.717) is 30.5 Å². The summed E-state index contributed by atoms with van der Waals surface area (Å²) in [5.41, 5.74) is 0.623. The molecule has 1 amide bonds. The van der Waals surface area contributed by atoms with Crippen LogP contribution in [0.15, 0.2) is 29.4 Å². The van der Waals surface area contributed by atoms with E-state index in [0.717, 1.165) is 0 Å². The fourth-order valence-electron chi connectivity index (χ4n) is 2.90. The molecule has 0 unspecified atom stereocenters. The second-order valence-corrected chi connectivity index (χ2v) is 8.26. The average Bonchev–Trinajstić information content (AvgIpc) is 3.01. The van der Waals surface area contributed by atoms with Crippen molar-refractivity contribution in [3.8, 4) is 5.88 Å². The Kier molecular flexibility index (Phi) is 5.47. The first-order valence-corrected chi connectivity index (χ1v) is 10.0. The summed E-state index contributed by atoms with van der Waals surface area (Å²) in [6, 6.07) is 5.27. The van der Waals surface area contributed by atoms with Gasteiger partial charge in [0.15, 0.2) is 5.03 Å². The molecule has 0 spiro atoms. The van der Waals surface area contributed by atoms with Gasteiger partial charge in [-0.05, 0) is 13.0 Å². The standard InChI is InChI=1S/C17H23N5O4S/c1-13-18-16(12-20(13)2)27(24,25)22-9-7-21(8-10-22)17(23)11-14-5-4-6-15(19-14)26-3/h4-6,12H,7-11H2,1-3H3. The monoisotopic (exact) mass is 393 g/mol. The Hall–Kier alpha value is -2.46. The van der Waals surface area contributed by atoms with Crippen molar-refractivity contribution in [3.05, 3.63) is 35.9 Å². The summed E-state index contributed by atoms with van der Waals surface area (Å²) in [7, 11) is -0.367. The summed E-state index contributed by atoms with van der Waals surface area (Å²) >= 11 is 0. The second kappa shape index (κ2) is 7.65. The van der Waals surface area contributed by atoms with Gasteiger partial charge in [0.05, 0.1) is 19.2 Å². The third-order valence-corrected chi connectivity index (χ3v) is 6.38. The molecule has 27 heavy (non-hydrogen) atoms. The predicted octanol–water partition coefficient (Wildman–Crippen LogP) is 0.208. The van der Waals surface area contributed by atoms with E-state index in [-0.39, 0.29) is 30.4 Å². The number of carbonyl (C=O) groups excluding carboxylic acids is 1. The van der Waals surface area contributed by atoms with E-state index in [1.807, 2.05) is 0 Å². The van der Waals surface area contributed by atoms with E-state index in [9.17, 15) is 13.2 Å². The number of amides is 1. The smallest absolute Gasteiger partial charge is 0.262 e. The van der Waals surface area contributed by atoms with Gasteiger partial charge in [-0.3, -0.25) is 4.79 Å². The highest BCUT2D eigenvalue weighted by Gasteiger charge is 2.32. The molecule has 146 valence electrons. The lowest BCUT2D eigenvalue weighted by molar-refractivity contribution is -0.131. The molecule has 10 heteroatoms. The molecule has 0 atom stereocenters. The molecule has 9 nitrogen and oxygen atoms in total. The number of imidazole rings is 1. The number of hydrogen-bond donors (Lipinski definition) is 0. The zero-order chi connectivity index (χ0) is 19.6. The van der Waals surface area contributed by atoms with Gasteiger partial charge >= 0.3 is 0 Å². The molecule has 0 aromatic carbocycles. The minimum atomic E-state index is -3.65. The van der Waals surface area contributed by atoms with Gasteiger partial charge in [-0.2, -0.15) is 4.31 Å². The van der Waals surface area contributed by atoms with Crippen molar-refractivity contribution in [2.24, 2.45) is 7.05 Å². The van der Waals surface area contributed by atoms with Crippen LogP contribution in [0.25, 0.3) is 0 Å². The van der Waals surface area contributed by atoms with Crippen molar-refractivity contribution in [3.63, 3.8) is 0 Å². The van der Waals surface area contributed by atoms with Gasteiger partial charge in [-0.1, -0.05) is 6.07 Å². The number of aryl methyl sites for hydroxylation is 2. The zero-order valence-electron chi connectivity index (χ0n) is 15.6. The van der Waals surface area contributed by atoms with Crippen LogP contribution in [0.2, 0.25) is 0 Å². The third-order valence-electron chi connectivity index (χ3n) is 4.60. The van der Waals surface area contributed by atoms with Crippen molar-refractivity contribution in [2.75, 3.05) is 33.3 Å². The molecule has 0 saturated carbocycles. The number of nitrogens with zero attached hydrogens (tertiary/aromatic N) is 5. The summed E-state index contributed by atoms with van der Waals surface area (Å²) in [4.78, 5) is 22.5. The first kappa shape index (κ1) is 19.3. The molecule has 1 aliphatic heterocycles. The maximum atomic E-state index is 12.7. The highest BCUT2D eigenvalue weighted by atomic mass is 32.2. The minimum Gasteiger partial charge on any atom is -0.481 e. The second-order valence-electron chi connectivity index (χ2n) is 6.37. The Morgan fingerprint density at radius 3 is 2.48 bits per heavy atom. The summed E-state index contributed by atoms with van der Waals surface area (Å²) < 4.78 is 33.5. The van der Waals surface area contributed by atoms with Crippen LogP contribution in [0.3, 0.4) is 0 Å². The van der Waals surface area contributed by atoms with E-state index in [1.54, 1.807) is 41.6 Å². The van der Waals surface area contributed by atoms with Crippen molar-refractivity contribution >= 4 is 15.9 Å². The minimum absolute atomic E-state index is 0.0443. The molecule has 0 bridgehead atoms. The van der Waals surface area contributed by atoms with E-state index in [2.05, 4.69) is 9.97 Å². The maximum Gasteiger partial charge on any atom is 0.262 e. The van der Waals surface area contributed by atoms with Gasteiger partial charge in [-0.25, -0.2) is 18.4 Å². The molecule has 0 radical (unpaired) electrons. The molecule has 2 aromatic rings. The lowest BCUT2D eigenvalue weighted by Crippen LogP contribution is -2.51. The topological polar surface area (TPSA) is 97.6 Å². The number of aromatic nitrogens is 3. The summed E-state index contributed by atoms with van der Waals surface area (Å²) in [6.45, 7) is 2.93. The van der Waals surface area contributed by atoms with Crippen LogP contribution in [0, 0.1) is 6.92 Å². The number of rotatable bonds is 5. The molecule has 1 aliphatic rings. The third kappa shape index (κ3) is 4.11. The quantitative estimate of drug-likeness (QED) is 0.720.